The van der Waals surface area contributed by atoms with E-state index in [4.69, 9.17) is 0 Å². The van der Waals surface area contributed by atoms with E-state index in [2.05, 4.69) is 24.5 Å². The number of hydrogen-bond acceptors (Lipinski definition) is 4. The van der Waals surface area contributed by atoms with Crippen molar-refractivity contribution >= 4 is 17.8 Å². The number of nitrogens with zero attached hydrogens (tertiary/aromatic N) is 1. The van der Waals surface area contributed by atoms with E-state index in [0.29, 0.717) is 39.0 Å². The van der Waals surface area contributed by atoms with Gasteiger partial charge < -0.3 is 15.7 Å². The Labute approximate surface area is 278 Å². The van der Waals surface area contributed by atoms with Crippen molar-refractivity contribution in [1.29, 1.82) is 0 Å². The first-order valence-corrected chi connectivity index (χ1v) is 19.5. The number of amides is 2. The van der Waals surface area contributed by atoms with Gasteiger partial charge in [-0.2, -0.15) is 0 Å². The highest BCUT2D eigenvalue weighted by Gasteiger charge is 2.11. The number of hydrogen-bond donors (Lipinski definition) is 3. The first kappa shape index (κ1) is 43.4. The summed E-state index contributed by atoms with van der Waals surface area (Å²) in [6, 6.07) is 0. The Morgan fingerprint density at radius 3 is 0.978 bits per heavy atom. The fraction of sp³-hybridized carbons (Fsp3) is 0.921. The lowest BCUT2D eigenvalue weighted by Gasteiger charge is -2.20. The molecule has 0 saturated heterocycles. The van der Waals surface area contributed by atoms with E-state index in [-0.39, 0.29) is 18.4 Å². The third-order valence-corrected chi connectivity index (χ3v) is 8.87. The summed E-state index contributed by atoms with van der Waals surface area (Å²) in [6.07, 6.45) is 34.5. The highest BCUT2D eigenvalue weighted by molar-refractivity contribution is 5.76. The average molecular weight is 638 g/mol. The molecule has 0 unspecified atom stereocenters. The molecule has 0 atom stereocenters. The topological polar surface area (TPSA) is 98.7 Å². The molecule has 7 nitrogen and oxygen atoms in total. The van der Waals surface area contributed by atoms with Crippen LogP contribution in [-0.4, -0.2) is 60.5 Å². The van der Waals surface area contributed by atoms with Gasteiger partial charge in [-0.1, -0.05) is 168 Å². The number of carbonyl (C=O) groups is 3. The van der Waals surface area contributed by atoms with Gasteiger partial charge in [0.25, 0.3) is 0 Å². The van der Waals surface area contributed by atoms with Gasteiger partial charge in [0.15, 0.2) is 0 Å². The van der Waals surface area contributed by atoms with Crippen LogP contribution in [0, 0.1) is 0 Å². The third-order valence-electron chi connectivity index (χ3n) is 8.87. The number of carboxylic acids is 1. The Morgan fingerprint density at radius 2 is 0.711 bits per heavy atom. The van der Waals surface area contributed by atoms with Crippen LogP contribution in [0.1, 0.15) is 194 Å². The zero-order chi connectivity index (χ0) is 33.1. The Kier molecular flexibility index (Phi) is 34.0. The van der Waals surface area contributed by atoms with Gasteiger partial charge in [-0.15, -0.1) is 0 Å². The van der Waals surface area contributed by atoms with Gasteiger partial charge in [0.2, 0.25) is 11.8 Å². The summed E-state index contributed by atoms with van der Waals surface area (Å²) < 4.78 is 0. The SMILES string of the molecule is CCCCCCCCCCCCCCCC(=O)NCCN(CCNC(=O)CCCCCCCCCCCCCCC)CC(=O)O. The molecule has 0 aliphatic heterocycles. The normalized spacial score (nSPS) is 11.3. The largest absolute Gasteiger partial charge is 0.480 e. The maximum atomic E-state index is 12.2. The molecule has 0 aliphatic carbocycles. The van der Waals surface area contributed by atoms with Gasteiger partial charge in [-0.3, -0.25) is 19.3 Å². The second kappa shape index (κ2) is 35.2. The minimum Gasteiger partial charge on any atom is -0.480 e. The van der Waals surface area contributed by atoms with E-state index in [1.54, 1.807) is 4.90 Å². The first-order chi connectivity index (χ1) is 22.0. The number of carboxylic acid groups (broad SMARTS) is 1. The van der Waals surface area contributed by atoms with Crippen molar-refractivity contribution in [2.45, 2.75) is 194 Å². The van der Waals surface area contributed by atoms with Gasteiger partial charge in [-0.25, -0.2) is 0 Å². The van der Waals surface area contributed by atoms with Crippen LogP contribution in [-0.2, 0) is 14.4 Å². The summed E-state index contributed by atoms with van der Waals surface area (Å²) in [5, 5.41) is 15.1. The number of unbranched alkanes of at least 4 members (excludes halogenated alkanes) is 24. The summed E-state index contributed by atoms with van der Waals surface area (Å²) in [6.45, 7) is 6.21. The van der Waals surface area contributed by atoms with Gasteiger partial charge >= 0.3 is 5.97 Å². The molecule has 0 fully saturated rings. The fourth-order valence-electron chi connectivity index (χ4n) is 5.95. The Balaban J connectivity index is 3.70. The summed E-state index contributed by atoms with van der Waals surface area (Å²) in [4.78, 5) is 37.5. The maximum absolute atomic E-state index is 12.2. The third kappa shape index (κ3) is 35.1. The van der Waals surface area contributed by atoms with Gasteiger partial charge in [-0.05, 0) is 12.8 Å². The molecule has 2 amide bonds. The van der Waals surface area contributed by atoms with Crippen LogP contribution in [0.15, 0.2) is 0 Å². The molecule has 0 heterocycles. The minimum absolute atomic E-state index is 0.0412. The van der Waals surface area contributed by atoms with Crippen LogP contribution < -0.4 is 10.6 Å². The highest BCUT2D eigenvalue weighted by Crippen LogP contribution is 2.14. The van der Waals surface area contributed by atoms with Crippen molar-refractivity contribution in [2.75, 3.05) is 32.7 Å². The molecule has 0 aromatic heterocycles. The molecule has 0 aromatic rings. The minimum atomic E-state index is -0.897. The van der Waals surface area contributed by atoms with Crippen molar-refractivity contribution in [3.8, 4) is 0 Å². The van der Waals surface area contributed by atoms with E-state index in [1.807, 2.05) is 0 Å². The van der Waals surface area contributed by atoms with E-state index >= 15 is 0 Å². The summed E-state index contributed by atoms with van der Waals surface area (Å²) in [5.74, 6) is -0.814. The number of carbonyl (C=O) groups excluding carboxylic acids is 2. The lowest BCUT2D eigenvalue weighted by Crippen LogP contribution is -2.41. The van der Waals surface area contributed by atoms with E-state index in [9.17, 15) is 19.5 Å². The van der Waals surface area contributed by atoms with Crippen molar-refractivity contribution in [3.63, 3.8) is 0 Å². The van der Waals surface area contributed by atoms with Crippen LogP contribution >= 0.6 is 0 Å². The quantitative estimate of drug-likeness (QED) is 0.0594. The number of rotatable bonds is 36. The van der Waals surface area contributed by atoms with Gasteiger partial charge in [0.05, 0.1) is 6.54 Å². The van der Waals surface area contributed by atoms with Crippen LogP contribution in [0.25, 0.3) is 0 Å². The zero-order valence-electron chi connectivity index (χ0n) is 30.0. The summed E-state index contributed by atoms with van der Waals surface area (Å²) in [5.41, 5.74) is 0. The molecule has 0 radical (unpaired) electrons. The molecule has 3 N–H and O–H groups in total. The molecule has 0 aliphatic rings. The van der Waals surface area contributed by atoms with E-state index < -0.39 is 5.97 Å². The van der Waals surface area contributed by atoms with Gasteiger partial charge in [0, 0.05) is 39.0 Å². The Bertz CT molecular complexity index is 625. The van der Waals surface area contributed by atoms with E-state index in [1.165, 1.54) is 141 Å². The number of aliphatic carboxylic acids is 1. The maximum Gasteiger partial charge on any atom is 0.317 e. The van der Waals surface area contributed by atoms with Crippen LogP contribution in [0.2, 0.25) is 0 Å². The standard InChI is InChI=1S/C38H75N3O4/c1-3-5-7-9-11-13-15-17-19-21-23-25-27-29-36(42)39-31-33-41(35-38(44)45)34-32-40-37(43)30-28-26-24-22-20-18-16-14-12-10-8-6-4-2/h3-35H2,1-2H3,(H,39,42)(H,40,43)(H,44,45). The number of nitrogens with one attached hydrogen (secondary N) is 2. The molecular formula is C38H75N3O4. The summed E-state index contributed by atoms with van der Waals surface area (Å²) >= 11 is 0. The average Bonchev–Trinajstić information content (AvgIpc) is 3.01. The fourth-order valence-corrected chi connectivity index (χ4v) is 5.95. The van der Waals surface area contributed by atoms with Crippen molar-refractivity contribution < 1.29 is 19.5 Å². The molecule has 0 aromatic carbocycles. The monoisotopic (exact) mass is 638 g/mol. The smallest absolute Gasteiger partial charge is 0.317 e. The molecule has 7 heteroatoms. The highest BCUT2D eigenvalue weighted by atomic mass is 16.4. The molecule has 0 saturated carbocycles. The lowest BCUT2D eigenvalue weighted by molar-refractivity contribution is -0.138. The summed E-state index contributed by atoms with van der Waals surface area (Å²) in [7, 11) is 0. The predicted octanol–water partition coefficient (Wildman–Crippen LogP) is 9.57. The van der Waals surface area contributed by atoms with Crippen LogP contribution in [0.3, 0.4) is 0 Å². The van der Waals surface area contributed by atoms with Crippen molar-refractivity contribution in [1.82, 2.24) is 15.5 Å². The first-order valence-electron chi connectivity index (χ1n) is 19.5. The van der Waals surface area contributed by atoms with Gasteiger partial charge in [0.1, 0.15) is 0 Å². The second-order valence-corrected chi connectivity index (χ2v) is 13.4. The molecular weight excluding hydrogens is 562 g/mol. The molecule has 45 heavy (non-hydrogen) atoms. The molecule has 0 rings (SSSR count). The van der Waals surface area contributed by atoms with Crippen LogP contribution in [0.4, 0.5) is 0 Å². The second-order valence-electron chi connectivity index (χ2n) is 13.4. The van der Waals surface area contributed by atoms with Crippen molar-refractivity contribution in [3.05, 3.63) is 0 Å². The van der Waals surface area contributed by atoms with Crippen molar-refractivity contribution in [2.24, 2.45) is 0 Å². The zero-order valence-corrected chi connectivity index (χ0v) is 30.0. The molecule has 0 bridgehead atoms. The van der Waals surface area contributed by atoms with E-state index in [0.717, 1.165) is 25.7 Å². The van der Waals surface area contributed by atoms with Crippen LogP contribution in [0.5, 0.6) is 0 Å². The Hall–Kier alpha value is -1.63. The molecule has 266 valence electrons. The Morgan fingerprint density at radius 1 is 0.444 bits per heavy atom. The molecule has 0 spiro atoms. The lowest BCUT2D eigenvalue weighted by atomic mass is 10.0. The predicted molar refractivity (Wildman–Crippen MR) is 191 cm³/mol.